The van der Waals surface area contributed by atoms with Gasteiger partial charge in [0.05, 0.1) is 0 Å². The molecule has 1 saturated heterocycles. The second-order valence-corrected chi connectivity index (χ2v) is 3.67. The van der Waals surface area contributed by atoms with Gasteiger partial charge in [-0.2, -0.15) is 0 Å². The number of nitrogens with one attached hydrogen (secondary N) is 1. The molecule has 3 heteroatoms. The molecule has 1 saturated carbocycles. The molecule has 2 atom stereocenters. The van der Waals surface area contributed by atoms with Crippen LogP contribution in [-0.2, 0) is 4.79 Å². The van der Waals surface area contributed by atoms with E-state index in [9.17, 15) is 4.79 Å². The summed E-state index contributed by atoms with van der Waals surface area (Å²) in [6, 6.07) is 0.532. The first-order valence-electron chi connectivity index (χ1n) is 4.64. The zero-order chi connectivity index (χ0) is 7.68. The average molecular weight is 190 g/mol. The van der Waals surface area contributed by atoms with Gasteiger partial charge < -0.3 is 5.32 Å². The standard InChI is InChI=1S/C9H15NO.ClH/c11-9-5-6-10-8-4-2-1-3-7(8)9;/h7-8,10H,1-6H2;1H/t7-,8-;/m1./s1. The number of hydrogen-bond donors (Lipinski definition) is 1. The molecule has 2 rings (SSSR count). The molecular formula is C9H16ClNO. The van der Waals surface area contributed by atoms with E-state index in [1.807, 2.05) is 0 Å². The van der Waals surface area contributed by atoms with Crippen LogP contribution < -0.4 is 5.32 Å². The average Bonchev–Trinajstić information content (AvgIpc) is 2.06. The van der Waals surface area contributed by atoms with E-state index < -0.39 is 0 Å². The molecule has 0 amide bonds. The monoisotopic (exact) mass is 189 g/mol. The van der Waals surface area contributed by atoms with Crippen molar-refractivity contribution in [2.45, 2.75) is 38.1 Å². The Morgan fingerprint density at radius 3 is 2.75 bits per heavy atom. The van der Waals surface area contributed by atoms with Gasteiger partial charge in [-0.05, 0) is 12.8 Å². The van der Waals surface area contributed by atoms with Gasteiger partial charge in [0, 0.05) is 24.9 Å². The lowest BCUT2D eigenvalue weighted by atomic mass is 9.79. The number of fused-ring (bicyclic) bond motifs is 1. The zero-order valence-electron chi connectivity index (χ0n) is 7.21. The zero-order valence-corrected chi connectivity index (χ0v) is 8.03. The van der Waals surface area contributed by atoms with Crippen molar-refractivity contribution in [3.63, 3.8) is 0 Å². The summed E-state index contributed by atoms with van der Waals surface area (Å²) >= 11 is 0. The smallest absolute Gasteiger partial charge is 0.138 e. The first-order valence-corrected chi connectivity index (χ1v) is 4.64. The van der Waals surface area contributed by atoms with E-state index in [1.54, 1.807) is 0 Å². The molecule has 1 aliphatic heterocycles. The maximum Gasteiger partial charge on any atom is 0.138 e. The third-order valence-electron chi connectivity index (χ3n) is 2.96. The molecule has 2 fully saturated rings. The normalized spacial score (nSPS) is 35.2. The van der Waals surface area contributed by atoms with Crippen LogP contribution in [0.15, 0.2) is 0 Å². The number of Topliss-reactive ketones (excluding diaryl/α,β-unsaturated/α-hetero) is 1. The van der Waals surface area contributed by atoms with Gasteiger partial charge in [0.15, 0.2) is 0 Å². The fourth-order valence-corrected chi connectivity index (χ4v) is 2.33. The van der Waals surface area contributed by atoms with E-state index in [0.717, 1.165) is 19.4 Å². The predicted octanol–water partition coefficient (Wildman–Crippen LogP) is 1.53. The number of carbonyl (C=O) groups is 1. The maximum absolute atomic E-state index is 11.4. The Balaban J connectivity index is 0.000000720. The lowest BCUT2D eigenvalue weighted by molar-refractivity contribution is -0.126. The van der Waals surface area contributed by atoms with Crippen molar-refractivity contribution < 1.29 is 4.79 Å². The lowest BCUT2D eigenvalue weighted by Gasteiger charge is -2.34. The summed E-state index contributed by atoms with van der Waals surface area (Å²) in [5.41, 5.74) is 0. The van der Waals surface area contributed by atoms with Crippen LogP contribution in [0.4, 0.5) is 0 Å². The van der Waals surface area contributed by atoms with Crippen LogP contribution in [0.3, 0.4) is 0 Å². The quantitative estimate of drug-likeness (QED) is 0.626. The Hall–Kier alpha value is -0.0800. The number of hydrogen-bond acceptors (Lipinski definition) is 2. The van der Waals surface area contributed by atoms with Crippen molar-refractivity contribution in [2.24, 2.45) is 5.92 Å². The van der Waals surface area contributed by atoms with Crippen molar-refractivity contribution in [3.05, 3.63) is 0 Å². The summed E-state index contributed by atoms with van der Waals surface area (Å²) < 4.78 is 0. The van der Waals surface area contributed by atoms with Crippen molar-refractivity contribution in [1.29, 1.82) is 0 Å². The van der Waals surface area contributed by atoms with Gasteiger partial charge in [0.25, 0.3) is 0 Å². The number of piperidine rings is 1. The van der Waals surface area contributed by atoms with Crippen LogP contribution in [0.1, 0.15) is 32.1 Å². The number of rotatable bonds is 0. The second kappa shape index (κ2) is 4.24. The SMILES string of the molecule is Cl.O=C1CCN[C@@H]2CCCC[C@@H]12. The molecule has 0 aromatic rings. The van der Waals surface area contributed by atoms with Crippen LogP contribution in [0.5, 0.6) is 0 Å². The molecule has 0 bridgehead atoms. The fourth-order valence-electron chi connectivity index (χ4n) is 2.33. The summed E-state index contributed by atoms with van der Waals surface area (Å²) in [4.78, 5) is 11.4. The van der Waals surface area contributed by atoms with Crippen LogP contribution in [0.2, 0.25) is 0 Å². The Morgan fingerprint density at radius 2 is 2.00 bits per heavy atom. The van der Waals surface area contributed by atoms with Crippen LogP contribution in [0, 0.1) is 5.92 Å². The summed E-state index contributed by atoms with van der Waals surface area (Å²) in [5, 5.41) is 3.43. The van der Waals surface area contributed by atoms with Gasteiger partial charge in [-0.3, -0.25) is 4.79 Å². The molecule has 0 aromatic heterocycles. The minimum absolute atomic E-state index is 0. The Bertz CT molecular complexity index is 170. The molecule has 2 aliphatic rings. The Morgan fingerprint density at radius 1 is 1.25 bits per heavy atom. The largest absolute Gasteiger partial charge is 0.313 e. The minimum Gasteiger partial charge on any atom is -0.313 e. The van der Waals surface area contributed by atoms with E-state index in [0.29, 0.717) is 17.7 Å². The molecular weight excluding hydrogens is 174 g/mol. The highest BCUT2D eigenvalue weighted by atomic mass is 35.5. The van der Waals surface area contributed by atoms with Gasteiger partial charge in [-0.25, -0.2) is 0 Å². The number of ketones is 1. The molecule has 0 radical (unpaired) electrons. The first-order chi connectivity index (χ1) is 5.38. The van der Waals surface area contributed by atoms with E-state index >= 15 is 0 Å². The molecule has 0 aromatic carbocycles. The van der Waals surface area contributed by atoms with Crippen molar-refractivity contribution in [3.8, 4) is 0 Å². The lowest BCUT2D eigenvalue weighted by Crippen LogP contribution is -2.47. The fraction of sp³-hybridized carbons (Fsp3) is 0.889. The van der Waals surface area contributed by atoms with Crippen LogP contribution in [-0.4, -0.2) is 18.4 Å². The van der Waals surface area contributed by atoms with E-state index in [2.05, 4.69) is 5.32 Å². The molecule has 1 heterocycles. The van der Waals surface area contributed by atoms with Crippen molar-refractivity contribution in [1.82, 2.24) is 5.32 Å². The molecule has 2 nitrogen and oxygen atoms in total. The van der Waals surface area contributed by atoms with Gasteiger partial charge in [-0.1, -0.05) is 12.8 Å². The second-order valence-electron chi connectivity index (χ2n) is 3.67. The summed E-state index contributed by atoms with van der Waals surface area (Å²) in [5.74, 6) is 0.881. The summed E-state index contributed by atoms with van der Waals surface area (Å²) in [6.07, 6.45) is 5.68. The number of carbonyl (C=O) groups excluding carboxylic acids is 1. The molecule has 70 valence electrons. The Kier molecular flexibility index (Phi) is 3.53. The van der Waals surface area contributed by atoms with E-state index in [-0.39, 0.29) is 12.4 Å². The summed E-state index contributed by atoms with van der Waals surface area (Å²) in [6.45, 7) is 0.917. The molecule has 12 heavy (non-hydrogen) atoms. The van der Waals surface area contributed by atoms with E-state index in [4.69, 9.17) is 0 Å². The Labute approximate surface area is 79.5 Å². The third-order valence-corrected chi connectivity index (χ3v) is 2.96. The molecule has 0 spiro atoms. The highest BCUT2D eigenvalue weighted by Gasteiger charge is 2.32. The van der Waals surface area contributed by atoms with Crippen molar-refractivity contribution >= 4 is 18.2 Å². The van der Waals surface area contributed by atoms with Crippen molar-refractivity contribution in [2.75, 3.05) is 6.54 Å². The maximum atomic E-state index is 11.4. The highest BCUT2D eigenvalue weighted by Crippen LogP contribution is 2.27. The highest BCUT2D eigenvalue weighted by molar-refractivity contribution is 5.85. The van der Waals surface area contributed by atoms with E-state index in [1.165, 1.54) is 19.3 Å². The summed E-state index contributed by atoms with van der Waals surface area (Å²) in [7, 11) is 0. The van der Waals surface area contributed by atoms with Crippen LogP contribution >= 0.6 is 12.4 Å². The molecule has 1 aliphatic carbocycles. The predicted molar refractivity (Wildman–Crippen MR) is 50.6 cm³/mol. The van der Waals surface area contributed by atoms with Gasteiger partial charge in [-0.15, -0.1) is 12.4 Å². The first kappa shape index (κ1) is 10.0. The molecule has 1 N–H and O–H groups in total. The van der Waals surface area contributed by atoms with Gasteiger partial charge in [0.2, 0.25) is 0 Å². The van der Waals surface area contributed by atoms with Gasteiger partial charge in [0.1, 0.15) is 5.78 Å². The third kappa shape index (κ3) is 1.80. The minimum atomic E-state index is 0. The topological polar surface area (TPSA) is 29.1 Å². The number of halogens is 1. The molecule has 0 unspecified atom stereocenters. The van der Waals surface area contributed by atoms with Gasteiger partial charge >= 0.3 is 0 Å². The van der Waals surface area contributed by atoms with Crippen LogP contribution in [0.25, 0.3) is 0 Å².